The fourth-order valence-electron chi connectivity index (χ4n) is 4.73. The molecular formula is C28H24F4N6O. The van der Waals surface area contributed by atoms with Gasteiger partial charge in [0.15, 0.2) is 11.4 Å². The molecule has 0 atom stereocenters. The van der Waals surface area contributed by atoms with E-state index in [0.29, 0.717) is 40.3 Å². The zero-order chi connectivity index (χ0) is 27.1. The molecule has 0 amide bonds. The first-order valence-electron chi connectivity index (χ1n) is 12.5. The highest BCUT2D eigenvalue weighted by molar-refractivity contribution is 5.86. The van der Waals surface area contributed by atoms with E-state index in [4.69, 9.17) is 4.42 Å². The summed E-state index contributed by atoms with van der Waals surface area (Å²) < 4.78 is 63.5. The van der Waals surface area contributed by atoms with E-state index in [0.717, 1.165) is 32.1 Å². The topological polar surface area (TPSA) is 72.0 Å². The maximum absolute atomic E-state index is 14.2. The van der Waals surface area contributed by atoms with E-state index in [1.807, 2.05) is 6.07 Å². The van der Waals surface area contributed by atoms with Crippen LogP contribution in [0, 0.1) is 5.82 Å². The molecule has 0 spiro atoms. The zero-order valence-electron chi connectivity index (χ0n) is 21.0. The Hall–Kier alpha value is -4.25. The number of aryl methyl sites for hydroxylation is 1. The van der Waals surface area contributed by atoms with Crippen molar-refractivity contribution in [3.63, 3.8) is 0 Å². The smallest absolute Gasteiger partial charge is 0.420 e. The number of nitrogens with one attached hydrogen (secondary N) is 1. The Morgan fingerprint density at radius 3 is 2.54 bits per heavy atom. The van der Waals surface area contributed by atoms with E-state index >= 15 is 0 Å². The van der Waals surface area contributed by atoms with Crippen LogP contribution in [0.1, 0.15) is 12.0 Å². The molecular weight excluding hydrogens is 512 g/mol. The van der Waals surface area contributed by atoms with Crippen molar-refractivity contribution in [2.24, 2.45) is 7.05 Å². The van der Waals surface area contributed by atoms with Crippen LogP contribution in [0.4, 0.5) is 23.2 Å². The first kappa shape index (κ1) is 25.1. The molecule has 2 aromatic heterocycles. The Bertz CT molecular complexity index is 1650. The van der Waals surface area contributed by atoms with Gasteiger partial charge in [0.25, 0.3) is 0 Å². The van der Waals surface area contributed by atoms with Crippen molar-refractivity contribution in [3.8, 4) is 34.0 Å². The Balaban J connectivity index is 1.38. The summed E-state index contributed by atoms with van der Waals surface area (Å²) in [5, 5.41) is 11.1. The summed E-state index contributed by atoms with van der Waals surface area (Å²) in [6.45, 7) is 3.31. The number of fused-ring (bicyclic) bond motifs is 1. The summed E-state index contributed by atoms with van der Waals surface area (Å²) in [6.07, 6.45) is -1.95. The van der Waals surface area contributed by atoms with Gasteiger partial charge in [-0.2, -0.15) is 13.2 Å². The highest BCUT2D eigenvalue weighted by atomic mass is 19.4. The van der Waals surface area contributed by atoms with Crippen molar-refractivity contribution >= 4 is 16.8 Å². The second-order valence-electron chi connectivity index (χ2n) is 9.55. The van der Waals surface area contributed by atoms with Gasteiger partial charge in [-0.1, -0.05) is 18.2 Å². The molecule has 1 fully saturated rings. The lowest BCUT2D eigenvalue weighted by atomic mass is 9.97. The highest BCUT2D eigenvalue weighted by Gasteiger charge is 2.35. The highest BCUT2D eigenvalue weighted by Crippen LogP contribution is 2.40. The summed E-state index contributed by atoms with van der Waals surface area (Å²) in [5.41, 5.74) is 1.62. The average Bonchev–Trinajstić information content (AvgIpc) is 3.50. The molecule has 0 saturated carbocycles. The van der Waals surface area contributed by atoms with Gasteiger partial charge in [-0.15, -0.1) is 10.2 Å². The van der Waals surface area contributed by atoms with E-state index in [9.17, 15) is 17.6 Å². The van der Waals surface area contributed by atoms with Gasteiger partial charge in [0.2, 0.25) is 5.89 Å². The maximum Gasteiger partial charge on any atom is 0.420 e. The SMILES string of the molecule is Cn1cnnc1-c1cc(F)ccc1-c1cccc(-c2nc3cc(NCCN4CCC4)cc(C(F)(F)F)c3o2)c1. The third kappa shape index (κ3) is 4.97. The third-order valence-electron chi connectivity index (χ3n) is 6.86. The van der Waals surface area contributed by atoms with Crippen molar-refractivity contribution in [3.05, 3.63) is 72.3 Å². The van der Waals surface area contributed by atoms with Crippen LogP contribution >= 0.6 is 0 Å². The second-order valence-corrected chi connectivity index (χ2v) is 9.55. The van der Waals surface area contributed by atoms with Crippen LogP contribution in [0.25, 0.3) is 45.1 Å². The minimum Gasteiger partial charge on any atom is -0.435 e. The number of nitrogens with zero attached hydrogens (tertiary/aromatic N) is 5. The number of halogens is 4. The lowest BCUT2D eigenvalue weighted by Crippen LogP contribution is -2.40. The van der Waals surface area contributed by atoms with Crippen molar-refractivity contribution in [2.75, 3.05) is 31.5 Å². The Kier molecular flexibility index (Phi) is 6.30. The van der Waals surface area contributed by atoms with Crippen molar-refractivity contribution < 1.29 is 22.0 Å². The molecule has 11 heteroatoms. The molecule has 0 aliphatic carbocycles. The lowest BCUT2D eigenvalue weighted by molar-refractivity contribution is -0.136. The summed E-state index contributed by atoms with van der Waals surface area (Å²) in [5.74, 6) is 0.0962. The summed E-state index contributed by atoms with van der Waals surface area (Å²) in [7, 11) is 1.76. The van der Waals surface area contributed by atoms with Crippen LogP contribution in [0.2, 0.25) is 0 Å². The molecule has 0 bridgehead atoms. The molecule has 1 N–H and O–H groups in total. The molecule has 3 aromatic carbocycles. The normalized spacial score (nSPS) is 14.1. The fourth-order valence-corrected chi connectivity index (χ4v) is 4.73. The van der Waals surface area contributed by atoms with E-state index in [2.05, 4.69) is 25.4 Å². The van der Waals surface area contributed by atoms with Crippen LogP contribution in [0.3, 0.4) is 0 Å². The number of benzene rings is 3. The minimum atomic E-state index is -4.62. The molecule has 7 nitrogen and oxygen atoms in total. The number of hydrogen-bond acceptors (Lipinski definition) is 6. The summed E-state index contributed by atoms with van der Waals surface area (Å²) in [6, 6.07) is 14.0. The van der Waals surface area contributed by atoms with Gasteiger partial charge >= 0.3 is 6.18 Å². The number of likely N-dealkylation sites (tertiary alicyclic amines) is 1. The number of alkyl halides is 3. The molecule has 200 valence electrons. The molecule has 1 aliphatic rings. The van der Waals surface area contributed by atoms with Gasteiger partial charge in [0, 0.05) is 37.0 Å². The Morgan fingerprint density at radius 1 is 1.00 bits per heavy atom. The number of anilines is 1. The van der Waals surface area contributed by atoms with E-state index in [1.54, 1.807) is 41.9 Å². The predicted octanol–water partition coefficient (Wildman–Crippen LogP) is 6.23. The lowest BCUT2D eigenvalue weighted by Gasteiger charge is -2.30. The van der Waals surface area contributed by atoms with Gasteiger partial charge < -0.3 is 19.2 Å². The first-order chi connectivity index (χ1) is 18.8. The van der Waals surface area contributed by atoms with E-state index < -0.39 is 17.6 Å². The molecule has 1 aliphatic heterocycles. The van der Waals surface area contributed by atoms with Crippen LogP contribution in [-0.2, 0) is 13.2 Å². The monoisotopic (exact) mass is 536 g/mol. The fraction of sp³-hybridized carbons (Fsp3) is 0.250. The number of hydrogen-bond donors (Lipinski definition) is 1. The molecule has 0 unspecified atom stereocenters. The van der Waals surface area contributed by atoms with Crippen molar-refractivity contribution in [1.82, 2.24) is 24.6 Å². The van der Waals surface area contributed by atoms with Gasteiger partial charge in [-0.3, -0.25) is 0 Å². The molecule has 0 radical (unpaired) electrons. The zero-order valence-corrected chi connectivity index (χ0v) is 21.0. The first-order valence-corrected chi connectivity index (χ1v) is 12.5. The van der Waals surface area contributed by atoms with Crippen LogP contribution in [0.5, 0.6) is 0 Å². The van der Waals surface area contributed by atoms with Crippen LogP contribution in [-0.4, -0.2) is 50.8 Å². The largest absolute Gasteiger partial charge is 0.435 e. The van der Waals surface area contributed by atoms with Gasteiger partial charge in [0.05, 0.1) is 0 Å². The van der Waals surface area contributed by atoms with Crippen LogP contribution in [0.15, 0.2) is 65.3 Å². The van der Waals surface area contributed by atoms with Crippen molar-refractivity contribution in [1.29, 1.82) is 0 Å². The second kappa shape index (κ2) is 9.81. The predicted molar refractivity (Wildman–Crippen MR) is 139 cm³/mol. The standard InChI is InChI=1S/C28H24F4N6O/c1-37-16-34-36-26(37)22-13-19(29)6-7-21(22)17-4-2-5-18(12-17)27-35-24-15-20(33-8-11-38-9-3-10-38)14-23(25(24)39-27)28(30,31)32/h2,4-7,12-16,33H,3,8-11H2,1H3. The van der Waals surface area contributed by atoms with Gasteiger partial charge in [-0.05, 0) is 67.0 Å². The average molecular weight is 537 g/mol. The maximum atomic E-state index is 14.2. The summed E-state index contributed by atoms with van der Waals surface area (Å²) in [4.78, 5) is 6.65. The minimum absolute atomic E-state index is 0.0531. The van der Waals surface area contributed by atoms with E-state index in [-0.39, 0.29) is 17.0 Å². The number of rotatable bonds is 7. The molecule has 39 heavy (non-hydrogen) atoms. The quantitative estimate of drug-likeness (QED) is 0.249. The Morgan fingerprint density at radius 2 is 1.82 bits per heavy atom. The molecule has 6 rings (SSSR count). The summed E-state index contributed by atoms with van der Waals surface area (Å²) >= 11 is 0. The van der Waals surface area contributed by atoms with E-state index in [1.165, 1.54) is 18.5 Å². The third-order valence-corrected chi connectivity index (χ3v) is 6.86. The number of aromatic nitrogens is 4. The van der Waals surface area contributed by atoms with Gasteiger partial charge in [-0.25, -0.2) is 9.37 Å². The van der Waals surface area contributed by atoms with Gasteiger partial charge in [0.1, 0.15) is 23.2 Å². The molecule has 1 saturated heterocycles. The Labute approximate surface area is 221 Å². The molecule has 3 heterocycles. The van der Waals surface area contributed by atoms with Crippen molar-refractivity contribution in [2.45, 2.75) is 12.6 Å². The molecule has 5 aromatic rings. The number of oxazole rings is 1. The van der Waals surface area contributed by atoms with Crippen LogP contribution < -0.4 is 5.32 Å².